The standard InChI is InChI=1S/C17H27N3O2/c1-18-10-12-20(13-11-18)9-3-8-19(2)17(22)14-15-4-6-16(21)7-5-15/h4-7,21H,3,8-14H2,1-2H3. The number of amides is 1. The average molecular weight is 305 g/mol. The monoisotopic (exact) mass is 305 g/mol. The average Bonchev–Trinajstić information content (AvgIpc) is 2.51. The van der Waals surface area contributed by atoms with Crippen molar-refractivity contribution in [1.29, 1.82) is 0 Å². The van der Waals surface area contributed by atoms with Crippen LogP contribution in [0.3, 0.4) is 0 Å². The number of phenols is 1. The number of hydrogen-bond acceptors (Lipinski definition) is 4. The van der Waals surface area contributed by atoms with Crippen LogP contribution in [-0.4, -0.2) is 79.1 Å². The van der Waals surface area contributed by atoms with Crippen molar-refractivity contribution in [2.75, 3.05) is 53.4 Å². The minimum Gasteiger partial charge on any atom is -0.508 e. The molecule has 1 fully saturated rings. The van der Waals surface area contributed by atoms with E-state index in [0.29, 0.717) is 6.42 Å². The van der Waals surface area contributed by atoms with Crippen LogP contribution in [-0.2, 0) is 11.2 Å². The maximum absolute atomic E-state index is 12.2. The van der Waals surface area contributed by atoms with Gasteiger partial charge in [0.1, 0.15) is 5.75 Å². The third-order valence-corrected chi connectivity index (χ3v) is 4.28. The van der Waals surface area contributed by atoms with Crippen LogP contribution in [0.1, 0.15) is 12.0 Å². The Morgan fingerprint density at radius 1 is 1.18 bits per heavy atom. The van der Waals surface area contributed by atoms with Gasteiger partial charge in [0.25, 0.3) is 0 Å². The molecule has 1 aromatic carbocycles. The number of benzene rings is 1. The Hall–Kier alpha value is -1.59. The number of hydrogen-bond donors (Lipinski definition) is 1. The molecule has 0 unspecified atom stereocenters. The highest BCUT2D eigenvalue weighted by molar-refractivity contribution is 5.78. The predicted octanol–water partition coefficient (Wildman–Crippen LogP) is 1.03. The van der Waals surface area contributed by atoms with E-state index in [0.717, 1.165) is 51.3 Å². The van der Waals surface area contributed by atoms with E-state index in [9.17, 15) is 9.90 Å². The van der Waals surface area contributed by atoms with Crippen molar-refractivity contribution in [3.63, 3.8) is 0 Å². The molecule has 1 amide bonds. The number of rotatable bonds is 6. The number of carbonyl (C=O) groups excluding carboxylic acids is 1. The predicted molar refractivity (Wildman–Crippen MR) is 88.0 cm³/mol. The Labute approximate surface area is 133 Å². The number of nitrogens with zero attached hydrogens (tertiary/aromatic N) is 3. The van der Waals surface area contributed by atoms with Gasteiger partial charge in [-0.3, -0.25) is 4.79 Å². The maximum atomic E-state index is 12.2. The van der Waals surface area contributed by atoms with Gasteiger partial charge in [0, 0.05) is 39.8 Å². The smallest absolute Gasteiger partial charge is 0.226 e. The van der Waals surface area contributed by atoms with E-state index < -0.39 is 0 Å². The Morgan fingerprint density at radius 2 is 1.82 bits per heavy atom. The number of carbonyl (C=O) groups is 1. The molecule has 5 nitrogen and oxygen atoms in total. The first-order chi connectivity index (χ1) is 10.5. The van der Waals surface area contributed by atoms with E-state index >= 15 is 0 Å². The highest BCUT2D eigenvalue weighted by atomic mass is 16.3. The van der Waals surface area contributed by atoms with Gasteiger partial charge in [0.2, 0.25) is 5.91 Å². The van der Waals surface area contributed by atoms with Crippen LogP contribution < -0.4 is 0 Å². The SMILES string of the molecule is CN1CCN(CCCN(C)C(=O)Cc2ccc(O)cc2)CC1. The highest BCUT2D eigenvalue weighted by Gasteiger charge is 2.14. The van der Waals surface area contributed by atoms with Gasteiger partial charge < -0.3 is 19.8 Å². The molecular weight excluding hydrogens is 278 g/mol. The van der Waals surface area contributed by atoms with Crippen LogP contribution in [0, 0.1) is 0 Å². The van der Waals surface area contributed by atoms with Gasteiger partial charge in [-0.05, 0) is 37.7 Å². The molecule has 2 rings (SSSR count). The first kappa shape index (κ1) is 16.8. The minimum absolute atomic E-state index is 0.129. The van der Waals surface area contributed by atoms with Crippen molar-refractivity contribution in [2.24, 2.45) is 0 Å². The lowest BCUT2D eigenvalue weighted by molar-refractivity contribution is -0.129. The maximum Gasteiger partial charge on any atom is 0.226 e. The molecule has 0 atom stereocenters. The van der Waals surface area contributed by atoms with Crippen LogP contribution in [0.4, 0.5) is 0 Å². The third kappa shape index (κ3) is 5.31. The molecule has 1 saturated heterocycles. The molecule has 0 radical (unpaired) electrons. The minimum atomic E-state index is 0.129. The van der Waals surface area contributed by atoms with E-state index in [1.165, 1.54) is 0 Å². The van der Waals surface area contributed by atoms with E-state index in [1.807, 2.05) is 11.9 Å². The molecule has 22 heavy (non-hydrogen) atoms. The molecule has 1 N–H and O–H groups in total. The third-order valence-electron chi connectivity index (χ3n) is 4.28. The summed E-state index contributed by atoms with van der Waals surface area (Å²) in [6, 6.07) is 6.84. The van der Waals surface area contributed by atoms with Gasteiger partial charge in [0.15, 0.2) is 0 Å². The number of aromatic hydroxyl groups is 1. The summed E-state index contributed by atoms with van der Waals surface area (Å²) in [5.41, 5.74) is 0.939. The summed E-state index contributed by atoms with van der Waals surface area (Å²) in [6.45, 7) is 6.38. The number of likely N-dealkylation sites (N-methyl/N-ethyl adjacent to an activating group) is 2. The van der Waals surface area contributed by atoms with Gasteiger partial charge in [0.05, 0.1) is 6.42 Å². The van der Waals surface area contributed by atoms with Crippen LogP contribution in [0.15, 0.2) is 24.3 Å². The van der Waals surface area contributed by atoms with E-state index in [-0.39, 0.29) is 11.7 Å². The van der Waals surface area contributed by atoms with Gasteiger partial charge in [-0.15, -0.1) is 0 Å². The van der Waals surface area contributed by atoms with Gasteiger partial charge in [-0.2, -0.15) is 0 Å². The van der Waals surface area contributed by atoms with Crippen molar-refractivity contribution in [3.05, 3.63) is 29.8 Å². The summed E-state index contributed by atoms with van der Waals surface area (Å²) >= 11 is 0. The number of piperazine rings is 1. The van der Waals surface area contributed by atoms with Crippen molar-refractivity contribution in [3.8, 4) is 5.75 Å². The second-order valence-corrected chi connectivity index (χ2v) is 6.16. The zero-order valence-corrected chi connectivity index (χ0v) is 13.7. The van der Waals surface area contributed by atoms with Crippen molar-refractivity contribution >= 4 is 5.91 Å². The Kier molecular flexibility index (Phi) is 6.21. The zero-order valence-electron chi connectivity index (χ0n) is 13.7. The Balaban J connectivity index is 1.67. The molecule has 0 bridgehead atoms. The van der Waals surface area contributed by atoms with Gasteiger partial charge >= 0.3 is 0 Å². The fourth-order valence-corrected chi connectivity index (χ4v) is 2.65. The molecule has 5 heteroatoms. The molecule has 0 aromatic heterocycles. The molecule has 0 spiro atoms. The summed E-state index contributed by atoms with van der Waals surface area (Å²) in [7, 11) is 4.03. The highest BCUT2D eigenvalue weighted by Crippen LogP contribution is 2.11. The summed E-state index contributed by atoms with van der Waals surface area (Å²) in [4.78, 5) is 18.8. The second kappa shape index (κ2) is 8.15. The van der Waals surface area contributed by atoms with E-state index in [1.54, 1.807) is 24.3 Å². The van der Waals surface area contributed by atoms with Crippen molar-refractivity contribution in [1.82, 2.24) is 14.7 Å². The fraction of sp³-hybridized carbons (Fsp3) is 0.588. The van der Waals surface area contributed by atoms with Crippen molar-refractivity contribution in [2.45, 2.75) is 12.8 Å². The normalized spacial score (nSPS) is 16.6. The molecule has 1 aliphatic rings. The topological polar surface area (TPSA) is 47.0 Å². The summed E-state index contributed by atoms with van der Waals surface area (Å²) in [5.74, 6) is 0.362. The van der Waals surface area contributed by atoms with Crippen LogP contribution in [0.25, 0.3) is 0 Å². The van der Waals surface area contributed by atoms with Gasteiger partial charge in [-0.1, -0.05) is 12.1 Å². The number of phenolic OH excluding ortho intramolecular Hbond substituents is 1. The molecule has 122 valence electrons. The summed E-state index contributed by atoms with van der Waals surface area (Å²) in [6.07, 6.45) is 1.41. The van der Waals surface area contributed by atoms with E-state index in [2.05, 4.69) is 16.8 Å². The van der Waals surface area contributed by atoms with Crippen LogP contribution in [0.2, 0.25) is 0 Å². The summed E-state index contributed by atoms with van der Waals surface area (Å²) < 4.78 is 0. The largest absolute Gasteiger partial charge is 0.508 e. The molecule has 1 aromatic rings. The molecular formula is C17H27N3O2. The molecule has 1 heterocycles. The lowest BCUT2D eigenvalue weighted by Gasteiger charge is -2.32. The zero-order chi connectivity index (χ0) is 15.9. The quantitative estimate of drug-likeness (QED) is 0.853. The first-order valence-electron chi connectivity index (χ1n) is 7.97. The lowest BCUT2D eigenvalue weighted by atomic mass is 10.1. The first-order valence-corrected chi connectivity index (χ1v) is 7.97. The van der Waals surface area contributed by atoms with Gasteiger partial charge in [-0.25, -0.2) is 0 Å². The second-order valence-electron chi connectivity index (χ2n) is 6.16. The van der Waals surface area contributed by atoms with E-state index in [4.69, 9.17) is 0 Å². The molecule has 1 aliphatic heterocycles. The Morgan fingerprint density at radius 3 is 2.45 bits per heavy atom. The van der Waals surface area contributed by atoms with Crippen molar-refractivity contribution < 1.29 is 9.90 Å². The molecule has 0 saturated carbocycles. The van der Waals surface area contributed by atoms with Crippen LogP contribution in [0.5, 0.6) is 5.75 Å². The fourth-order valence-electron chi connectivity index (χ4n) is 2.65. The summed E-state index contributed by atoms with van der Waals surface area (Å²) in [5, 5.41) is 9.25. The Bertz CT molecular complexity index is 467. The lowest BCUT2D eigenvalue weighted by Crippen LogP contribution is -2.45. The molecule has 0 aliphatic carbocycles. The van der Waals surface area contributed by atoms with Crippen LogP contribution >= 0.6 is 0 Å².